The second-order valence-electron chi connectivity index (χ2n) is 3.51. The van der Waals surface area contributed by atoms with Gasteiger partial charge in [-0.2, -0.15) is 0 Å². The number of hydrogen-bond acceptors (Lipinski definition) is 4. The van der Waals surface area contributed by atoms with E-state index in [-0.39, 0.29) is 13.2 Å². The van der Waals surface area contributed by atoms with E-state index >= 15 is 0 Å². The molecule has 1 rings (SSSR count). The predicted octanol–water partition coefficient (Wildman–Crippen LogP) is 1.25. The Morgan fingerprint density at radius 2 is 1.33 bits per heavy atom. The highest BCUT2D eigenvalue weighted by Gasteiger charge is 1.86. The molecule has 0 saturated carbocycles. The van der Waals surface area contributed by atoms with E-state index in [4.69, 9.17) is 19.7 Å². The molecule has 0 atom stereocenters. The maximum atomic E-state index is 8.26. The van der Waals surface area contributed by atoms with Crippen LogP contribution in [0.2, 0.25) is 0 Å². The molecular weight excluding hydrogens is 232 g/mol. The average molecular weight is 256 g/mol. The fourth-order valence-corrected chi connectivity index (χ4v) is 1.16. The maximum absolute atomic E-state index is 8.26. The highest BCUT2D eigenvalue weighted by Crippen LogP contribution is 1.96. The SMILES string of the molecule is CCc1ccccc1.OCCOCCOCCO. The molecule has 2 N–H and O–H groups in total. The van der Waals surface area contributed by atoms with Gasteiger partial charge in [0.05, 0.1) is 39.6 Å². The first-order valence-electron chi connectivity index (χ1n) is 6.26. The first kappa shape index (κ1) is 17.1. The van der Waals surface area contributed by atoms with Crippen LogP contribution in [0.1, 0.15) is 12.5 Å². The molecule has 0 amide bonds. The number of benzene rings is 1. The third-order valence-electron chi connectivity index (χ3n) is 2.09. The van der Waals surface area contributed by atoms with Gasteiger partial charge in [-0.25, -0.2) is 0 Å². The van der Waals surface area contributed by atoms with Crippen molar-refractivity contribution in [3.8, 4) is 0 Å². The van der Waals surface area contributed by atoms with Gasteiger partial charge in [-0.05, 0) is 12.0 Å². The summed E-state index contributed by atoms with van der Waals surface area (Å²) in [5.74, 6) is 0. The van der Waals surface area contributed by atoms with Crippen molar-refractivity contribution in [2.24, 2.45) is 0 Å². The molecular formula is C14H24O4. The molecule has 0 radical (unpaired) electrons. The van der Waals surface area contributed by atoms with Crippen molar-refractivity contribution in [2.75, 3.05) is 39.6 Å². The van der Waals surface area contributed by atoms with Crippen LogP contribution in [0.3, 0.4) is 0 Å². The number of rotatable bonds is 8. The van der Waals surface area contributed by atoms with Gasteiger partial charge in [-0.15, -0.1) is 0 Å². The quantitative estimate of drug-likeness (QED) is 0.687. The zero-order valence-corrected chi connectivity index (χ0v) is 11.0. The van der Waals surface area contributed by atoms with Gasteiger partial charge in [0.15, 0.2) is 0 Å². The van der Waals surface area contributed by atoms with Gasteiger partial charge in [-0.1, -0.05) is 37.3 Å². The minimum atomic E-state index is 0.0417. The van der Waals surface area contributed by atoms with E-state index in [1.54, 1.807) is 0 Å². The van der Waals surface area contributed by atoms with Crippen LogP contribution in [0.5, 0.6) is 0 Å². The zero-order chi connectivity index (χ0) is 13.5. The lowest BCUT2D eigenvalue weighted by Gasteiger charge is -2.01. The Bertz CT molecular complexity index is 243. The molecule has 1 aromatic rings. The summed E-state index contributed by atoms with van der Waals surface area (Å²) in [6.45, 7) is 3.89. The van der Waals surface area contributed by atoms with Crippen LogP contribution >= 0.6 is 0 Å². The van der Waals surface area contributed by atoms with Crippen molar-refractivity contribution in [2.45, 2.75) is 13.3 Å². The molecule has 0 unspecified atom stereocenters. The van der Waals surface area contributed by atoms with Crippen LogP contribution in [-0.2, 0) is 15.9 Å². The zero-order valence-electron chi connectivity index (χ0n) is 11.0. The van der Waals surface area contributed by atoms with Crippen LogP contribution in [0, 0.1) is 0 Å². The lowest BCUT2D eigenvalue weighted by atomic mass is 10.2. The second kappa shape index (κ2) is 14.1. The topological polar surface area (TPSA) is 58.9 Å². The Kier molecular flexibility index (Phi) is 13.4. The maximum Gasteiger partial charge on any atom is 0.0701 e. The molecule has 104 valence electrons. The minimum absolute atomic E-state index is 0.0417. The summed E-state index contributed by atoms with van der Waals surface area (Å²) in [5.41, 5.74) is 1.41. The molecule has 4 nitrogen and oxygen atoms in total. The van der Waals surface area contributed by atoms with Gasteiger partial charge in [0, 0.05) is 0 Å². The van der Waals surface area contributed by atoms with Gasteiger partial charge >= 0.3 is 0 Å². The van der Waals surface area contributed by atoms with E-state index in [1.807, 2.05) is 6.07 Å². The first-order chi connectivity index (χ1) is 8.85. The van der Waals surface area contributed by atoms with Crippen LogP contribution in [0.25, 0.3) is 0 Å². The lowest BCUT2D eigenvalue weighted by Crippen LogP contribution is -2.09. The third kappa shape index (κ3) is 11.5. The summed E-state index contributed by atoms with van der Waals surface area (Å²) < 4.78 is 9.75. The molecule has 0 spiro atoms. The molecule has 0 aliphatic rings. The van der Waals surface area contributed by atoms with E-state index in [1.165, 1.54) is 5.56 Å². The van der Waals surface area contributed by atoms with Crippen LogP contribution in [-0.4, -0.2) is 49.9 Å². The number of ether oxygens (including phenoxy) is 2. The molecule has 18 heavy (non-hydrogen) atoms. The standard InChI is InChI=1S/C8H10.C6H14O4/c1-2-8-6-4-3-5-7-8;7-1-3-9-5-6-10-4-2-8/h3-7H,2H2,1H3;7-8H,1-6H2. The monoisotopic (exact) mass is 256 g/mol. The number of aliphatic hydroxyl groups is 2. The normalized spacial score (nSPS) is 9.72. The smallest absolute Gasteiger partial charge is 0.0701 e. The highest BCUT2D eigenvalue weighted by atomic mass is 16.5. The van der Waals surface area contributed by atoms with Gasteiger partial charge in [0.1, 0.15) is 0 Å². The summed E-state index contributed by atoms with van der Waals surface area (Å²) >= 11 is 0. The van der Waals surface area contributed by atoms with Crippen molar-refractivity contribution in [1.82, 2.24) is 0 Å². The Labute approximate surface area is 109 Å². The van der Waals surface area contributed by atoms with E-state index in [9.17, 15) is 0 Å². The summed E-state index contributed by atoms with van der Waals surface area (Å²) in [6.07, 6.45) is 1.14. The van der Waals surface area contributed by atoms with E-state index in [2.05, 4.69) is 31.2 Å². The third-order valence-corrected chi connectivity index (χ3v) is 2.09. The largest absolute Gasteiger partial charge is 0.394 e. The van der Waals surface area contributed by atoms with Crippen molar-refractivity contribution < 1.29 is 19.7 Å². The van der Waals surface area contributed by atoms with E-state index < -0.39 is 0 Å². The molecule has 0 fully saturated rings. The summed E-state index contributed by atoms with van der Waals surface area (Å²) in [7, 11) is 0. The number of hydrogen-bond donors (Lipinski definition) is 2. The summed E-state index contributed by atoms with van der Waals surface area (Å²) in [4.78, 5) is 0. The molecule has 0 aliphatic heterocycles. The van der Waals surface area contributed by atoms with Crippen molar-refractivity contribution in [3.63, 3.8) is 0 Å². The van der Waals surface area contributed by atoms with Crippen LogP contribution in [0.15, 0.2) is 30.3 Å². The summed E-state index contributed by atoms with van der Waals surface area (Å²) in [5, 5.41) is 16.5. The molecule has 0 saturated heterocycles. The van der Waals surface area contributed by atoms with E-state index in [0.29, 0.717) is 26.4 Å². The van der Waals surface area contributed by atoms with Gasteiger partial charge in [0.2, 0.25) is 0 Å². The Morgan fingerprint density at radius 3 is 1.67 bits per heavy atom. The van der Waals surface area contributed by atoms with Crippen LogP contribution < -0.4 is 0 Å². The van der Waals surface area contributed by atoms with Crippen LogP contribution in [0.4, 0.5) is 0 Å². The lowest BCUT2D eigenvalue weighted by molar-refractivity contribution is 0.0222. The fourth-order valence-electron chi connectivity index (χ4n) is 1.16. The Balaban J connectivity index is 0.000000327. The highest BCUT2D eigenvalue weighted by molar-refractivity contribution is 5.13. The molecule has 1 aromatic carbocycles. The second-order valence-corrected chi connectivity index (χ2v) is 3.51. The Morgan fingerprint density at radius 1 is 0.833 bits per heavy atom. The minimum Gasteiger partial charge on any atom is -0.394 e. The first-order valence-corrected chi connectivity index (χ1v) is 6.26. The molecule has 0 bridgehead atoms. The molecule has 4 heteroatoms. The van der Waals surface area contributed by atoms with Gasteiger partial charge < -0.3 is 19.7 Å². The average Bonchev–Trinajstić information content (AvgIpc) is 2.44. The molecule has 0 aromatic heterocycles. The summed E-state index contributed by atoms with van der Waals surface area (Å²) in [6, 6.07) is 10.5. The molecule has 0 aliphatic carbocycles. The number of aliphatic hydroxyl groups excluding tert-OH is 2. The van der Waals surface area contributed by atoms with Gasteiger partial charge in [-0.3, -0.25) is 0 Å². The van der Waals surface area contributed by atoms with Crippen molar-refractivity contribution >= 4 is 0 Å². The number of aryl methyl sites for hydroxylation is 1. The molecule has 0 heterocycles. The van der Waals surface area contributed by atoms with E-state index in [0.717, 1.165) is 6.42 Å². The van der Waals surface area contributed by atoms with Crippen molar-refractivity contribution in [3.05, 3.63) is 35.9 Å². The van der Waals surface area contributed by atoms with Crippen molar-refractivity contribution in [1.29, 1.82) is 0 Å². The Hall–Kier alpha value is -0.940. The predicted molar refractivity (Wildman–Crippen MR) is 71.6 cm³/mol. The van der Waals surface area contributed by atoms with Gasteiger partial charge in [0.25, 0.3) is 0 Å². The fraction of sp³-hybridized carbons (Fsp3) is 0.571.